The average molecular weight is 289 g/mol. The molecule has 1 saturated carbocycles. The van der Waals surface area contributed by atoms with Crippen LogP contribution in [0.2, 0.25) is 0 Å². The van der Waals surface area contributed by atoms with Gasteiger partial charge in [-0.1, -0.05) is 33.6 Å². The van der Waals surface area contributed by atoms with Crippen molar-refractivity contribution in [1.29, 1.82) is 0 Å². The largest absolute Gasteiger partial charge is 0.360 e. The summed E-state index contributed by atoms with van der Waals surface area (Å²) in [5.74, 6) is 1.61. The second kappa shape index (κ2) is 7.79. The van der Waals surface area contributed by atoms with Gasteiger partial charge in [0.1, 0.15) is 5.82 Å². The molecule has 0 saturated heterocycles. The van der Waals surface area contributed by atoms with Crippen molar-refractivity contribution in [2.24, 2.45) is 0 Å². The van der Waals surface area contributed by atoms with Crippen LogP contribution in [0.3, 0.4) is 0 Å². The summed E-state index contributed by atoms with van der Waals surface area (Å²) in [4.78, 5) is 7.16. The fourth-order valence-electron chi connectivity index (χ4n) is 2.45. The Bertz CT molecular complexity index is 438. The molecular formula is C18H31N3. The molecule has 2 rings (SSSR count). The zero-order valence-electron chi connectivity index (χ0n) is 14.2. The van der Waals surface area contributed by atoms with Crippen LogP contribution < -0.4 is 10.2 Å². The number of rotatable bonds is 9. The maximum Gasteiger partial charge on any atom is 0.128 e. The van der Waals surface area contributed by atoms with Gasteiger partial charge in [0.2, 0.25) is 0 Å². The molecule has 0 aromatic carbocycles. The third-order valence-electron chi connectivity index (χ3n) is 4.14. The lowest BCUT2D eigenvalue weighted by Gasteiger charge is -2.21. The Hall–Kier alpha value is -1.09. The van der Waals surface area contributed by atoms with Crippen molar-refractivity contribution >= 4 is 5.82 Å². The summed E-state index contributed by atoms with van der Waals surface area (Å²) in [6, 6.07) is 5.28. The molecule has 118 valence electrons. The van der Waals surface area contributed by atoms with Crippen molar-refractivity contribution in [3.05, 3.63) is 23.4 Å². The van der Waals surface area contributed by atoms with Gasteiger partial charge >= 0.3 is 0 Å². The molecule has 1 heterocycles. The van der Waals surface area contributed by atoms with Crippen LogP contribution in [0.1, 0.15) is 70.1 Å². The summed E-state index contributed by atoms with van der Waals surface area (Å²) in [6.45, 7) is 8.77. The number of unbranched alkanes of at least 4 members (excludes halogenated alkanes) is 2. The molecule has 0 amide bonds. The molecule has 0 bridgehead atoms. The van der Waals surface area contributed by atoms with Gasteiger partial charge < -0.3 is 10.2 Å². The van der Waals surface area contributed by atoms with Gasteiger partial charge in [0.25, 0.3) is 0 Å². The average Bonchev–Trinajstić information content (AvgIpc) is 3.29. The predicted octanol–water partition coefficient (Wildman–Crippen LogP) is 4.08. The van der Waals surface area contributed by atoms with E-state index in [9.17, 15) is 0 Å². The van der Waals surface area contributed by atoms with Gasteiger partial charge in [-0.25, -0.2) is 4.98 Å². The van der Waals surface area contributed by atoms with E-state index in [1.54, 1.807) is 0 Å². The smallest absolute Gasteiger partial charge is 0.128 e. The lowest BCUT2D eigenvalue weighted by molar-refractivity contribution is 0.679. The second-order valence-electron chi connectivity index (χ2n) is 6.70. The summed E-state index contributed by atoms with van der Waals surface area (Å²) in [5, 5.41) is 3.61. The summed E-state index contributed by atoms with van der Waals surface area (Å²) in [7, 11) is 2.17. The molecule has 3 heteroatoms. The lowest BCUT2D eigenvalue weighted by Crippen LogP contribution is -2.21. The minimum atomic E-state index is 0.480. The highest BCUT2D eigenvalue weighted by Gasteiger charge is 2.20. The van der Waals surface area contributed by atoms with Crippen molar-refractivity contribution in [3.63, 3.8) is 0 Å². The van der Waals surface area contributed by atoms with Crippen molar-refractivity contribution in [2.75, 3.05) is 18.5 Å². The van der Waals surface area contributed by atoms with E-state index in [1.165, 1.54) is 43.4 Å². The number of nitrogens with one attached hydrogen (secondary N) is 1. The molecule has 0 unspecified atom stereocenters. The Balaban J connectivity index is 2.05. The minimum Gasteiger partial charge on any atom is -0.360 e. The highest BCUT2D eigenvalue weighted by molar-refractivity contribution is 5.42. The Morgan fingerprint density at radius 2 is 2.05 bits per heavy atom. The molecule has 0 radical (unpaired) electrons. The number of hydrogen-bond donors (Lipinski definition) is 1. The number of nitrogens with zero attached hydrogens (tertiary/aromatic N) is 2. The second-order valence-corrected chi connectivity index (χ2v) is 6.70. The molecule has 1 fully saturated rings. The fraction of sp³-hybridized carbons (Fsp3) is 0.722. The molecular weight excluding hydrogens is 258 g/mol. The van der Waals surface area contributed by atoms with Crippen LogP contribution in [0.25, 0.3) is 0 Å². The van der Waals surface area contributed by atoms with E-state index < -0.39 is 0 Å². The van der Waals surface area contributed by atoms with Crippen LogP contribution in [0, 0.1) is 0 Å². The van der Waals surface area contributed by atoms with E-state index in [4.69, 9.17) is 4.98 Å². The number of hydrogen-bond acceptors (Lipinski definition) is 3. The van der Waals surface area contributed by atoms with Gasteiger partial charge in [0.05, 0.1) is 0 Å². The minimum absolute atomic E-state index is 0.480. The van der Waals surface area contributed by atoms with E-state index in [2.05, 4.69) is 50.2 Å². The molecule has 3 nitrogen and oxygen atoms in total. The van der Waals surface area contributed by atoms with Gasteiger partial charge in [0, 0.05) is 31.9 Å². The van der Waals surface area contributed by atoms with Crippen LogP contribution >= 0.6 is 0 Å². The number of anilines is 1. The van der Waals surface area contributed by atoms with Crippen molar-refractivity contribution in [2.45, 2.75) is 71.4 Å². The number of aromatic nitrogens is 1. The highest BCUT2D eigenvalue weighted by atomic mass is 15.2. The first kappa shape index (κ1) is 16.3. The maximum atomic E-state index is 4.85. The molecule has 21 heavy (non-hydrogen) atoms. The third kappa shape index (κ3) is 5.31. The zero-order valence-corrected chi connectivity index (χ0v) is 14.2. The van der Waals surface area contributed by atoms with Crippen LogP contribution in [-0.2, 0) is 6.54 Å². The molecule has 1 aliphatic carbocycles. The monoisotopic (exact) mass is 289 g/mol. The topological polar surface area (TPSA) is 28.2 Å². The van der Waals surface area contributed by atoms with E-state index in [0.29, 0.717) is 5.92 Å². The van der Waals surface area contributed by atoms with Crippen molar-refractivity contribution < 1.29 is 0 Å². The molecule has 1 N–H and O–H groups in total. The summed E-state index contributed by atoms with van der Waals surface area (Å²) in [5.41, 5.74) is 2.58. The van der Waals surface area contributed by atoms with Crippen LogP contribution in [0.15, 0.2) is 12.1 Å². The van der Waals surface area contributed by atoms with Gasteiger partial charge in [-0.2, -0.15) is 0 Å². The fourth-order valence-corrected chi connectivity index (χ4v) is 2.45. The van der Waals surface area contributed by atoms with Gasteiger partial charge in [-0.15, -0.1) is 0 Å². The first-order valence-corrected chi connectivity index (χ1v) is 8.55. The van der Waals surface area contributed by atoms with E-state index in [1.807, 2.05) is 0 Å². The first-order valence-electron chi connectivity index (χ1n) is 8.55. The summed E-state index contributed by atoms with van der Waals surface area (Å²) < 4.78 is 0. The van der Waals surface area contributed by atoms with Crippen molar-refractivity contribution in [1.82, 2.24) is 10.3 Å². The first-order chi connectivity index (χ1) is 10.1. The van der Waals surface area contributed by atoms with Crippen LogP contribution in [0.4, 0.5) is 5.82 Å². The Kier molecular flexibility index (Phi) is 6.04. The highest BCUT2D eigenvalue weighted by Crippen LogP contribution is 2.22. The van der Waals surface area contributed by atoms with Gasteiger partial charge in [-0.05, 0) is 42.9 Å². The maximum absolute atomic E-state index is 4.85. The summed E-state index contributed by atoms with van der Waals surface area (Å²) in [6.07, 6.45) is 6.49. The van der Waals surface area contributed by atoms with Crippen molar-refractivity contribution in [3.8, 4) is 0 Å². The van der Waals surface area contributed by atoms with E-state index in [-0.39, 0.29) is 0 Å². The summed E-state index contributed by atoms with van der Waals surface area (Å²) >= 11 is 0. The Labute approximate surface area is 130 Å². The molecule has 1 aromatic rings. The molecule has 1 aliphatic rings. The predicted molar refractivity (Wildman–Crippen MR) is 91.0 cm³/mol. The number of pyridine rings is 1. The van der Waals surface area contributed by atoms with Gasteiger partial charge in [0.15, 0.2) is 0 Å². The molecule has 0 spiro atoms. The Morgan fingerprint density at radius 3 is 2.67 bits per heavy atom. The SMILES string of the molecule is CCCCCN(C)c1cc(CNC2CC2)cc(C(C)C)n1. The Morgan fingerprint density at radius 1 is 1.29 bits per heavy atom. The van der Waals surface area contributed by atoms with E-state index >= 15 is 0 Å². The third-order valence-corrected chi connectivity index (χ3v) is 4.14. The van der Waals surface area contributed by atoms with Gasteiger partial charge in [-0.3, -0.25) is 0 Å². The lowest BCUT2D eigenvalue weighted by atomic mass is 10.1. The zero-order chi connectivity index (χ0) is 15.2. The quantitative estimate of drug-likeness (QED) is 0.694. The van der Waals surface area contributed by atoms with Crippen LogP contribution in [0.5, 0.6) is 0 Å². The standard InChI is InChI=1S/C18H31N3/c1-5-6-7-10-21(4)18-12-15(13-19-16-8-9-16)11-17(20-18)14(2)3/h11-12,14,16,19H,5-10,13H2,1-4H3. The van der Waals surface area contributed by atoms with E-state index in [0.717, 1.165) is 24.9 Å². The normalized spacial score (nSPS) is 14.7. The molecule has 1 aromatic heterocycles. The molecule has 0 aliphatic heterocycles. The molecule has 0 atom stereocenters. The van der Waals surface area contributed by atoms with Crippen LogP contribution in [-0.4, -0.2) is 24.6 Å².